The molecule has 0 bridgehead atoms. The van der Waals surface area contributed by atoms with Crippen molar-refractivity contribution in [1.82, 2.24) is 25.6 Å². The van der Waals surface area contributed by atoms with Gasteiger partial charge in [0, 0.05) is 13.1 Å². The lowest BCUT2D eigenvalue weighted by molar-refractivity contribution is 0.0950. The second-order valence-corrected chi connectivity index (χ2v) is 3.94. The molecule has 1 aliphatic heterocycles. The van der Waals surface area contributed by atoms with Crippen LogP contribution in [0.3, 0.4) is 0 Å². The van der Waals surface area contributed by atoms with Gasteiger partial charge >= 0.3 is 0 Å². The van der Waals surface area contributed by atoms with Gasteiger partial charge in [0.05, 0.1) is 12.2 Å². The SMILES string of the molecule is CCNC(=O)c1cn([C@H]2CCCNC2)nn1. The van der Waals surface area contributed by atoms with E-state index in [-0.39, 0.29) is 5.91 Å². The topological polar surface area (TPSA) is 71.8 Å². The number of hydrogen-bond acceptors (Lipinski definition) is 4. The maximum Gasteiger partial charge on any atom is 0.273 e. The minimum Gasteiger partial charge on any atom is -0.351 e. The number of piperidine rings is 1. The first-order valence-corrected chi connectivity index (χ1v) is 5.72. The van der Waals surface area contributed by atoms with Gasteiger partial charge in [0.15, 0.2) is 5.69 Å². The number of amides is 1. The molecule has 1 aromatic heterocycles. The Kier molecular flexibility index (Phi) is 3.51. The van der Waals surface area contributed by atoms with Crippen molar-refractivity contribution in [3.8, 4) is 0 Å². The Bertz CT molecular complexity index is 356. The molecule has 0 unspecified atom stereocenters. The molecule has 0 spiro atoms. The summed E-state index contributed by atoms with van der Waals surface area (Å²) in [7, 11) is 0. The summed E-state index contributed by atoms with van der Waals surface area (Å²) in [5.41, 5.74) is 0.396. The Labute approximate surface area is 94.4 Å². The molecular formula is C10H17N5O. The van der Waals surface area contributed by atoms with E-state index in [2.05, 4.69) is 20.9 Å². The largest absolute Gasteiger partial charge is 0.351 e. The van der Waals surface area contributed by atoms with E-state index in [1.54, 1.807) is 10.9 Å². The third-order valence-corrected chi connectivity index (χ3v) is 2.73. The predicted octanol–water partition coefficient (Wildman–Crippen LogP) is -0.0477. The Morgan fingerprint density at radius 2 is 2.62 bits per heavy atom. The smallest absolute Gasteiger partial charge is 0.273 e. The number of carbonyl (C=O) groups excluding carboxylic acids is 1. The Balaban J connectivity index is 2.03. The average molecular weight is 223 g/mol. The van der Waals surface area contributed by atoms with E-state index in [0.29, 0.717) is 18.3 Å². The van der Waals surface area contributed by atoms with Crippen LogP contribution in [0.4, 0.5) is 0 Å². The molecule has 16 heavy (non-hydrogen) atoms. The molecule has 6 nitrogen and oxygen atoms in total. The van der Waals surface area contributed by atoms with Crippen LogP contribution in [0.1, 0.15) is 36.3 Å². The van der Waals surface area contributed by atoms with E-state index >= 15 is 0 Å². The van der Waals surface area contributed by atoms with Crippen molar-refractivity contribution < 1.29 is 4.79 Å². The quantitative estimate of drug-likeness (QED) is 0.753. The number of hydrogen-bond donors (Lipinski definition) is 2. The highest BCUT2D eigenvalue weighted by Gasteiger charge is 2.18. The Morgan fingerprint density at radius 1 is 1.75 bits per heavy atom. The predicted molar refractivity (Wildman–Crippen MR) is 59.2 cm³/mol. The first kappa shape index (κ1) is 11.1. The van der Waals surface area contributed by atoms with Crippen LogP contribution < -0.4 is 10.6 Å². The van der Waals surface area contributed by atoms with E-state index < -0.39 is 0 Å². The third kappa shape index (κ3) is 2.38. The monoisotopic (exact) mass is 223 g/mol. The van der Waals surface area contributed by atoms with Gasteiger partial charge in [-0.1, -0.05) is 5.21 Å². The van der Waals surface area contributed by atoms with E-state index in [0.717, 1.165) is 25.9 Å². The zero-order valence-corrected chi connectivity index (χ0v) is 9.44. The molecule has 0 aliphatic carbocycles. The molecule has 0 radical (unpaired) electrons. The van der Waals surface area contributed by atoms with Crippen molar-refractivity contribution in [1.29, 1.82) is 0 Å². The summed E-state index contributed by atoms with van der Waals surface area (Å²) in [5.74, 6) is -0.155. The van der Waals surface area contributed by atoms with Crippen LogP contribution in [-0.4, -0.2) is 40.5 Å². The number of nitrogens with zero attached hydrogens (tertiary/aromatic N) is 3. The Morgan fingerprint density at radius 3 is 3.31 bits per heavy atom. The lowest BCUT2D eigenvalue weighted by Crippen LogP contribution is -2.32. The average Bonchev–Trinajstić information content (AvgIpc) is 2.80. The summed E-state index contributed by atoms with van der Waals surface area (Å²) in [6.07, 6.45) is 3.95. The van der Waals surface area contributed by atoms with E-state index in [1.807, 2.05) is 6.92 Å². The van der Waals surface area contributed by atoms with Crippen molar-refractivity contribution in [2.45, 2.75) is 25.8 Å². The van der Waals surface area contributed by atoms with Gasteiger partial charge in [0.25, 0.3) is 5.91 Å². The highest BCUT2D eigenvalue weighted by atomic mass is 16.1. The van der Waals surface area contributed by atoms with Crippen LogP contribution in [0, 0.1) is 0 Å². The van der Waals surface area contributed by atoms with Crippen LogP contribution in [0.5, 0.6) is 0 Å². The minimum atomic E-state index is -0.155. The molecule has 1 aromatic rings. The highest BCUT2D eigenvalue weighted by Crippen LogP contribution is 2.14. The van der Waals surface area contributed by atoms with Gasteiger partial charge in [-0.05, 0) is 26.3 Å². The lowest BCUT2D eigenvalue weighted by atomic mass is 10.1. The van der Waals surface area contributed by atoms with Crippen molar-refractivity contribution in [3.05, 3.63) is 11.9 Å². The zero-order chi connectivity index (χ0) is 11.4. The number of rotatable bonds is 3. The van der Waals surface area contributed by atoms with Gasteiger partial charge in [0.2, 0.25) is 0 Å². The number of nitrogens with one attached hydrogen (secondary N) is 2. The first-order valence-electron chi connectivity index (χ1n) is 5.72. The molecule has 1 aliphatic rings. The van der Waals surface area contributed by atoms with Crippen LogP contribution in [0.15, 0.2) is 6.20 Å². The van der Waals surface area contributed by atoms with Crippen LogP contribution >= 0.6 is 0 Å². The summed E-state index contributed by atoms with van der Waals surface area (Å²) < 4.78 is 1.79. The third-order valence-electron chi connectivity index (χ3n) is 2.73. The molecule has 0 aromatic carbocycles. The van der Waals surface area contributed by atoms with Crippen molar-refractivity contribution in [2.75, 3.05) is 19.6 Å². The second-order valence-electron chi connectivity index (χ2n) is 3.94. The highest BCUT2D eigenvalue weighted by molar-refractivity contribution is 5.91. The molecule has 1 fully saturated rings. The Hall–Kier alpha value is -1.43. The molecule has 2 heterocycles. The molecule has 6 heteroatoms. The van der Waals surface area contributed by atoms with E-state index in [9.17, 15) is 4.79 Å². The fourth-order valence-corrected chi connectivity index (χ4v) is 1.87. The molecule has 1 amide bonds. The molecular weight excluding hydrogens is 206 g/mol. The van der Waals surface area contributed by atoms with Gasteiger partial charge in [-0.3, -0.25) is 4.79 Å². The molecule has 1 saturated heterocycles. The van der Waals surface area contributed by atoms with Crippen molar-refractivity contribution in [3.63, 3.8) is 0 Å². The van der Waals surface area contributed by atoms with Crippen LogP contribution in [0.25, 0.3) is 0 Å². The van der Waals surface area contributed by atoms with Gasteiger partial charge in [-0.2, -0.15) is 0 Å². The summed E-state index contributed by atoms with van der Waals surface area (Å²) >= 11 is 0. The summed E-state index contributed by atoms with van der Waals surface area (Å²) in [5, 5.41) is 13.9. The van der Waals surface area contributed by atoms with E-state index in [4.69, 9.17) is 0 Å². The van der Waals surface area contributed by atoms with Gasteiger partial charge in [-0.25, -0.2) is 4.68 Å². The molecule has 88 valence electrons. The molecule has 1 atom stereocenters. The molecule has 0 saturated carbocycles. The van der Waals surface area contributed by atoms with Gasteiger partial charge < -0.3 is 10.6 Å². The lowest BCUT2D eigenvalue weighted by Gasteiger charge is -2.22. The second kappa shape index (κ2) is 5.07. The maximum atomic E-state index is 11.5. The fourth-order valence-electron chi connectivity index (χ4n) is 1.87. The van der Waals surface area contributed by atoms with Crippen LogP contribution in [0.2, 0.25) is 0 Å². The normalized spacial score (nSPS) is 20.7. The zero-order valence-electron chi connectivity index (χ0n) is 9.44. The summed E-state index contributed by atoms with van der Waals surface area (Å²) in [4.78, 5) is 11.5. The summed E-state index contributed by atoms with van der Waals surface area (Å²) in [6, 6.07) is 0.324. The number of carbonyl (C=O) groups is 1. The van der Waals surface area contributed by atoms with Crippen molar-refractivity contribution in [2.24, 2.45) is 0 Å². The van der Waals surface area contributed by atoms with Gasteiger partial charge in [-0.15, -0.1) is 5.10 Å². The first-order chi connectivity index (χ1) is 7.81. The minimum absolute atomic E-state index is 0.155. The van der Waals surface area contributed by atoms with Crippen molar-refractivity contribution >= 4 is 5.91 Å². The maximum absolute atomic E-state index is 11.5. The van der Waals surface area contributed by atoms with E-state index in [1.165, 1.54) is 0 Å². The van der Waals surface area contributed by atoms with Crippen LogP contribution in [-0.2, 0) is 0 Å². The van der Waals surface area contributed by atoms with Gasteiger partial charge in [0.1, 0.15) is 0 Å². The number of aromatic nitrogens is 3. The molecule has 2 rings (SSSR count). The molecule has 2 N–H and O–H groups in total. The summed E-state index contributed by atoms with van der Waals surface area (Å²) in [6.45, 7) is 4.45. The fraction of sp³-hybridized carbons (Fsp3) is 0.700. The standard InChI is InChI=1S/C10H17N5O/c1-2-12-10(16)9-7-15(14-13-9)8-4-3-5-11-6-8/h7-8,11H,2-6H2,1H3,(H,12,16)/t8-/m0/s1.